The Balaban J connectivity index is 2.31. The Hall–Kier alpha value is -0.870. The van der Waals surface area contributed by atoms with E-state index in [1.165, 1.54) is 24.1 Å². The van der Waals surface area contributed by atoms with E-state index in [0.717, 1.165) is 18.5 Å². The van der Waals surface area contributed by atoms with Gasteiger partial charge < -0.3 is 10.4 Å². The molecular formula is C11H19N3O. The third kappa shape index (κ3) is 1.92. The molecule has 2 N–H and O–H groups in total. The van der Waals surface area contributed by atoms with E-state index in [1.54, 1.807) is 0 Å². The van der Waals surface area contributed by atoms with Gasteiger partial charge in [0, 0.05) is 19.3 Å². The van der Waals surface area contributed by atoms with Gasteiger partial charge in [-0.25, -0.2) is 0 Å². The minimum absolute atomic E-state index is 0.469. The van der Waals surface area contributed by atoms with Crippen molar-refractivity contribution >= 4 is 0 Å². The highest BCUT2D eigenvalue weighted by atomic mass is 16.3. The van der Waals surface area contributed by atoms with Crippen molar-refractivity contribution in [1.82, 2.24) is 15.1 Å². The van der Waals surface area contributed by atoms with Gasteiger partial charge in [-0.2, -0.15) is 5.10 Å². The highest BCUT2D eigenvalue weighted by Crippen LogP contribution is 2.27. The maximum Gasteiger partial charge on any atom is 0.110 e. The molecule has 1 unspecified atom stereocenters. The molecule has 0 amide bonds. The normalized spacial score (nSPS) is 17.5. The zero-order chi connectivity index (χ0) is 10.8. The van der Waals surface area contributed by atoms with Crippen molar-refractivity contribution in [1.29, 1.82) is 0 Å². The predicted octanol–water partition coefficient (Wildman–Crippen LogP) is 0.552. The minimum Gasteiger partial charge on any atom is -0.385 e. The Labute approximate surface area is 90.3 Å². The van der Waals surface area contributed by atoms with Crippen LogP contribution in [0.4, 0.5) is 0 Å². The number of aryl methyl sites for hydroxylation is 1. The number of aliphatic hydroxyl groups is 1. The molecule has 84 valence electrons. The lowest BCUT2D eigenvalue weighted by Crippen LogP contribution is -2.18. The summed E-state index contributed by atoms with van der Waals surface area (Å²) < 4.78 is 1.93. The minimum atomic E-state index is -0.469. The predicted molar refractivity (Wildman–Crippen MR) is 58.7 cm³/mol. The highest BCUT2D eigenvalue weighted by molar-refractivity contribution is 5.30. The van der Waals surface area contributed by atoms with Crippen LogP contribution in [-0.4, -0.2) is 28.5 Å². The van der Waals surface area contributed by atoms with Gasteiger partial charge in [0.25, 0.3) is 0 Å². The molecule has 15 heavy (non-hydrogen) atoms. The van der Waals surface area contributed by atoms with Crippen LogP contribution in [0.2, 0.25) is 0 Å². The smallest absolute Gasteiger partial charge is 0.110 e. The van der Waals surface area contributed by atoms with Crippen LogP contribution in [0, 0.1) is 0 Å². The molecule has 1 aromatic heterocycles. The van der Waals surface area contributed by atoms with Crippen molar-refractivity contribution in [2.45, 2.75) is 31.8 Å². The van der Waals surface area contributed by atoms with Crippen LogP contribution in [0.15, 0.2) is 0 Å². The topological polar surface area (TPSA) is 50.1 Å². The number of aliphatic hydroxyl groups excluding tert-OH is 1. The average molecular weight is 209 g/mol. The van der Waals surface area contributed by atoms with E-state index in [0.29, 0.717) is 6.54 Å². The number of aromatic nitrogens is 2. The zero-order valence-electron chi connectivity index (χ0n) is 9.45. The van der Waals surface area contributed by atoms with E-state index in [-0.39, 0.29) is 0 Å². The summed E-state index contributed by atoms with van der Waals surface area (Å²) in [6.07, 6.45) is 4.17. The fourth-order valence-electron chi connectivity index (χ4n) is 2.36. The van der Waals surface area contributed by atoms with Crippen LogP contribution in [0.1, 0.15) is 35.9 Å². The van der Waals surface area contributed by atoms with E-state index in [9.17, 15) is 5.11 Å². The molecule has 4 nitrogen and oxygen atoms in total. The maximum absolute atomic E-state index is 9.95. The lowest BCUT2D eigenvalue weighted by molar-refractivity contribution is 0.171. The summed E-state index contributed by atoms with van der Waals surface area (Å²) in [6, 6.07) is 0. The zero-order valence-corrected chi connectivity index (χ0v) is 9.45. The van der Waals surface area contributed by atoms with E-state index in [4.69, 9.17) is 0 Å². The Bertz CT molecular complexity index is 346. The van der Waals surface area contributed by atoms with Crippen LogP contribution < -0.4 is 5.32 Å². The van der Waals surface area contributed by atoms with E-state index < -0.39 is 6.10 Å². The van der Waals surface area contributed by atoms with Gasteiger partial charge in [0.2, 0.25) is 0 Å². The third-order valence-corrected chi connectivity index (χ3v) is 3.11. The van der Waals surface area contributed by atoms with Crippen molar-refractivity contribution in [2.24, 2.45) is 7.05 Å². The molecule has 0 radical (unpaired) electrons. The largest absolute Gasteiger partial charge is 0.385 e. The molecule has 4 heteroatoms. The number of fused-ring (bicyclic) bond motifs is 1. The molecule has 0 saturated heterocycles. The van der Waals surface area contributed by atoms with Crippen LogP contribution in [-0.2, 0) is 19.9 Å². The van der Waals surface area contributed by atoms with Gasteiger partial charge >= 0.3 is 0 Å². The van der Waals surface area contributed by atoms with E-state index in [2.05, 4.69) is 10.4 Å². The van der Waals surface area contributed by atoms with Crippen LogP contribution in [0.25, 0.3) is 0 Å². The van der Waals surface area contributed by atoms with Gasteiger partial charge in [-0.15, -0.1) is 0 Å². The van der Waals surface area contributed by atoms with E-state index in [1.807, 2.05) is 18.8 Å². The lowest BCUT2D eigenvalue weighted by atomic mass is 9.94. The number of likely N-dealkylation sites (N-methyl/N-ethyl adjacent to an activating group) is 1. The summed E-state index contributed by atoms with van der Waals surface area (Å²) in [5, 5.41) is 17.4. The van der Waals surface area contributed by atoms with Crippen molar-refractivity contribution in [2.75, 3.05) is 13.6 Å². The maximum atomic E-state index is 9.95. The fraction of sp³-hybridized carbons (Fsp3) is 0.727. The Morgan fingerprint density at radius 2 is 2.20 bits per heavy atom. The second-order valence-corrected chi connectivity index (χ2v) is 4.21. The molecule has 0 fully saturated rings. The van der Waals surface area contributed by atoms with Gasteiger partial charge in [0.05, 0.1) is 5.69 Å². The fourth-order valence-corrected chi connectivity index (χ4v) is 2.36. The molecule has 1 aromatic rings. The number of nitrogens with zero attached hydrogens (tertiary/aromatic N) is 2. The monoisotopic (exact) mass is 209 g/mol. The molecule has 0 aliphatic heterocycles. The summed E-state index contributed by atoms with van der Waals surface area (Å²) in [5.74, 6) is 0. The first kappa shape index (κ1) is 10.6. The van der Waals surface area contributed by atoms with Crippen LogP contribution >= 0.6 is 0 Å². The first-order valence-electron chi connectivity index (χ1n) is 5.61. The number of nitrogens with one attached hydrogen (secondary N) is 1. The molecular weight excluding hydrogens is 190 g/mol. The van der Waals surface area contributed by atoms with Crippen molar-refractivity contribution in [3.8, 4) is 0 Å². The van der Waals surface area contributed by atoms with Crippen LogP contribution in [0.3, 0.4) is 0 Å². The Morgan fingerprint density at radius 1 is 1.47 bits per heavy atom. The van der Waals surface area contributed by atoms with Gasteiger partial charge in [-0.3, -0.25) is 4.68 Å². The molecule has 1 aliphatic rings. The second kappa shape index (κ2) is 4.33. The lowest BCUT2D eigenvalue weighted by Gasteiger charge is -2.14. The molecule has 2 rings (SSSR count). The van der Waals surface area contributed by atoms with Crippen LogP contribution in [0.5, 0.6) is 0 Å². The molecule has 0 spiro atoms. The molecule has 0 aromatic carbocycles. The standard InChI is InChI=1S/C11H19N3O/c1-12-7-10(15)11-8-5-3-4-6-9(8)14(2)13-11/h10,12,15H,3-7H2,1-2H3. The quantitative estimate of drug-likeness (QED) is 0.764. The third-order valence-electron chi connectivity index (χ3n) is 3.11. The molecule has 1 aliphatic carbocycles. The first-order chi connectivity index (χ1) is 7.24. The Morgan fingerprint density at radius 3 is 2.93 bits per heavy atom. The summed E-state index contributed by atoms with van der Waals surface area (Å²) in [6.45, 7) is 0.573. The molecule has 0 bridgehead atoms. The Kier molecular flexibility index (Phi) is 3.07. The molecule has 1 heterocycles. The van der Waals surface area contributed by atoms with Gasteiger partial charge in [-0.05, 0) is 38.3 Å². The van der Waals surface area contributed by atoms with Crippen molar-refractivity contribution in [3.05, 3.63) is 17.0 Å². The summed E-state index contributed by atoms with van der Waals surface area (Å²) in [7, 11) is 3.82. The molecule has 0 saturated carbocycles. The van der Waals surface area contributed by atoms with Gasteiger partial charge in [0.15, 0.2) is 0 Å². The number of hydrogen-bond acceptors (Lipinski definition) is 3. The van der Waals surface area contributed by atoms with Crippen molar-refractivity contribution in [3.63, 3.8) is 0 Å². The summed E-state index contributed by atoms with van der Waals surface area (Å²) >= 11 is 0. The summed E-state index contributed by atoms with van der Waals surface area (Å²) in [5.41, 5.74) is 3.47. The first-order valence-corrected chi connectivity index (χ1v) is 5.61. The van der Waals surface area contributed by atoms with Gasteiger partial charge in [0.1, 0.15) is 6.10 Å². The van der Waals surface area contributed by atoms with Crippen molar-refractivity contribution < 1.29 is 5.11 Å². The average Bonchev–Trinajstić information content (AvgIpc) is 2.58. The number of hydrogen-bond donors (Lipinski definition) is 2. The SMILES string of the molecule is CNCC(O)c1nn(C)c2c1CCCC2. The molecule has 1 atom stereocenters. The number of rotatable bonds is 3. The summed E-state index contributed by atoms with van der Waals surface area (Å²) in [4.78, 5) is 0. The highest BCUT2D eigenvalue weighted by Gasteiger charge is 2.23. The van der Waals surface area contributed by atoms with E-state index >= 15 is 0 Å². The second-order valence-electron chi connectivity index (χ2n) is 4.21. The van der Waals surface area contributed by atoms with Gasteiger partial charge in [-0.1, -0.05) is 0 Å².